The molecule has 1 amide bonds. The number of nitrogens with one attached hydrogen (secondary N) is 1. The molecule has 0 saturated carbocycles. The first kappa shape index (κ1) is 16.8. The van der Waals surface area contributed by atoms with E-state index in [1.54, 1.807) is 12.3 Å². The molecule has 1 saturated heterocycles. The van der Waals surface area contributed by atoms with Gasteiger partial charge in [-0.15, -0.1) is 0 Å². The van der Waals surface area contributed by atoms with Crippen LogP contribution in [0.3, 0.4) is 0 Å². The lowest BCUT2D eigenvalue weighted by atomic mass is 10.1. The summed E-state index contributed by atoms with van der Waals surface area (Å²) in [6, 6.07) is 14.8. The molecular formula is C20H18ClN3O2. The lowest BCUT2D eigenvalue weighted by molar-refractivity contribution is 0.102. The van der Waals surface area contributed by atoms with E-state index in [4.69, 9.17) is 16.3 Å². The van der Waals surface area contributed by atoms with Gasteiger partial charge in [-0.2, -0.15) is 0 Å². The number of hydrogen-bond donors (Lipinski definition) is 1. The van der Waals surface area contributed by atoms with E-state index in [0.717, 1.165) is 29.7 Å². The average molecular weight is 368 g/mol. The van der Waals surface area contributed by atoms with Crippen LogP contribution in [0.1, 0.15) is 10.4 Å². The maximum absolute atomic E-state index is 12.9. The molecule has 0 bridgehead atoms. The van der Waals surface area contributed by atoms with Crippen LogP contribution in [0.5, 0.6) is 0 Å². The first-order valence-electron chi connectivity index (χ1n) is 8.50. The van der Waals surface area contributed by atoms with Crippen LogP contribution in [-0.4, -0.2) is 37.2 Å². The van der Waals surface area contributed by atoms with Crippen molar-refractivity contribution in [2.24, 2.45) is 0 Å². The number of hydrogen-bond acceptors (Lipinski definition) is 4. The summed E-state index contributed by atoms with van der Waals surface area (Å²) in [5.74, 6) is -0.180. The van der Waals surface area contributed by atoms with Crippen molar-refractivity contribution < 1.29 is 9.53 Å². The molecule has 0 radical (unpaired) electrons. The smallest absolute Gasteiger partial charge is 0.256 e. The van der Waals surface area contributed by atoms with Gasteiger partial charge in [0.15, 0.2) is 0 Å². The van der Waals surface area contributed by atoms with Crippen molar-refractivity contribution in [3.63, 3.8) is 0 Å². The molecular weight excluding hydrogens is 350 g/mol. The zero-order valence-corrected chi connectivity index (χ0v) is 14.9. The van der Waals surface area contributed by atoms with Gasteiger partial charge in [0.1, 0.15) is 0 Å². The minimum Gasteiger partial charge on any atom is -0.378 e. The maximum Gasteiger partial charge on any atom is 0.256 e. The number of benzene rings is 2. The second-order valence-electron chi connectivity index (χ2n) is 6.07. The van der Waals surface area contributed by atoms with Crippen molar-refractivity contribution in [2.45, 2.75) is 0 Å². The predicted molar refractivity (Wildman–Crippen MR) is 104 cm³/mol. The number of pyridine rings is 1. The van der Waals surface area contributed by atoms with Gasteiger partial charge in [-0.05, 0) is 30.3 Å². The SMILES string of the molecule is O=C(Nc1cccc(Cl)c1N1CCOCC1)c1cccc2ncccc12. The highest BCUT2D eigenvalue weighted by Crippen LogP contribution is 2.35. The lowest BCUT2D eigenvalue weighted by Crippen LogP contribution is -2.37. The highest BCUT2D eigenvalue weighted by Gasteiger charge is 2.20. The third-order valence-electron chi connectivity index (χ3n) is 4.45. The van der Waals surface area contributed by atoms with Gasteiger partial charge in [0, 0.05) is 30.2 Å². The number of aromatic nitrogens is 1. The summed E-state index contributed by atoms with van der Waals surface area (Å²) in [6.45, 7) is 2.77. The third-order valence-corrected chi connectivity index (χ3v) is 4.76. The van der Waals surface area contributed by atoms with Crippen LogP contribution in [0.15, 0.2) is 54.7 Å². The summed E-state index contributed by atoms with van der Waals surface area (Å²) in [5, 5.41) is 4.46. The molecule has 132 valence electrons. The average Bonchev–Trinajstić information content (AvgIpc) is 2.68. The van der Waals surface area contributed by atoms with Gasteiger partial charge in [0.05, 0.1) is 35.1 Å². The Morgan fingerprint density at radius 3 is 2.73 bits per heavy atom. The van der Waals surface area contributed by atoms with E-state index in [0.29, 0.717) is 29.5 Å². The van der Waals surface area contributed by atoms with Crippen molar-refractivity contribution in [1.29, 1.82) is 0 Å². The number of carbonyl (C=O) groups excluding carboxylic acids is 1. The topological polar surface area (TPSA) is 54.5 Å². The van der Waals surface area contributed by atoms with E-state index < -0.39 is 0 Å². The Hall–Kier alpha value is -2.63. The molecule has 0 unspecified atom stereocenters. The third kappa shape index (κ3) is 3.23. The number of rotatable bonds is 3. The summed E-state index contributed by atoms with van der Waals surface area (Å²) < 4.78 is 5.42. The molecule has 0 aliphatic carbocycles. The van der Waals surface area contributed by atoms with Gasteiger partial charge in [-0.3, -0.25) is 9.78 Å². The zero-order valence-electron chi connectivity index (χ0n) is 14.1. The number of nitrogens with zero attached hydrogens (tertiary/aromatic N) is 2. The lowest BCUT2D eigenvalue weighted by Gasteiger charge is -2.31. The Bertz CT molecular complexity index is 949. The van der Waals surface area contributed by atoms with Crippen LogP contribution < -0.4 is 10.2 Å². The second-order valence-corrected chi connectivity index (χ2v) is 6.47. The zero-order chi connectivity index (χ0) is 17.9. The van der Waals surface area contributed by atoms with E-state index >= 15 is 0 Å². The number of para-hydroxylation sites is 1. The number of amides is 1. The first-order valence-corrected chi connectivity index (χ1v) is 8.88. The minimum absolute atomic E-state index is 0.180. The summed E-state index contributed by atoms with van der Waals surface area (Å²) in [6.07, 6.45) is 1.72. The van der Waals surface area contributed by atoms with E-state index in [1.807, 2.05) is 42.5 Å². The molecule has 26 heavy (non-hydrogen) atoms. The molecule has 1 aliphatic rings. The first-order chi connectivity index (χ1) is 12.7. The summed E-state index contributed by atoms with van der Waals surface area (Å²) in [5.41, 5.74) is 2.91. The molecule has 0 spiro atoms. The van der Waals surface area contributed by atoms with Gasteiger partial charge in [0.2, 0.25) is 0 Å². The van der Waals surface area contributed by atoms with E-state index in [1.165, 1.54) is 0 Å². The van der Waals surface area contributed by atoms with Crippen LogP contribution >= 0.6 is 11.6 Å². The Labute approximate surface area is 156 Å². The number of morpholine rings is 1. The molecule has 1 N–H and O–H groups in total. The number of fused-ring (bicyclic) bond motifs is 1. The molecule has 3 aromatic rings. The summed E-state index contributed by atoms with van der Waals surface area (Å²) in [4.78, 5) is 19.4. The van der Waals surface area contributed by atoms with Gasteiger partial charge in [0.25, 0.3) is 5.91 Å². The van der Waals surface area contributed by atoms with Crippen LogP contribution in [0.4, 0.5) is 11.4 Å². The van der Waals surface area contributed by atoms with Crippen LogP contribution in [0, 0.1) is 0 Å². The van der Waals surface area contributed by atoms with E-state index in [-0.39, 0.29) is 5.91 Å². The molecule has 2 heterocycles. The molecule has 1 fully saturated rings. The normalized spacial score (nSPS) is 14.4. The summed E-state index contributed by atoms with van der Waals surface area (Å²) in [7, 11) is 0. The molecule has 1 aliphatic heterocycles. The Kier molecular flexibility index (Phi) is 4.73. The number of carbonyl (C=O) groups is 1. The monoisotopic (exact) mass is 367 g/mol. The van der Waals surface area contributed by atoms with Gasteiger partial charge < -0.3 is 15.0 Å². The van der Waals surface area contributed by atoms with Crippen molar-refractivity contribution in [1.82, 2.24) is 4.98 Å². The fraction of sp³-hybridized carbons (Fsp3) is 0.200. The van der Waals surface area contributed by atoms with Crippen LogP contribution in [-0.2, 0) is 4.74 Å². The molecule has 6 heteroatoms. The van der Waals surface area contributed by atoms with E-state index in [9.17, 15) is 4.79 Å². The second kappa shape index (κ2) is 7.32. The van der Waals surface area contributed by atoms with E-state index in [2.05, 4.69) is 15.2 Å². The fourth-order valence-electron chi connectivity index (χ4n) is 3.22. The maximum atomic E-state index is 12.9. The molecule has 5 nitrogen and oxygen atoms in total. The molecule has 0 atom stereocenters. The fourth-order valence-corrected chi connectivity index (χ4v) is 3.51. The number of anilines is 2. The Morgan fingerprint density at radius 2 is 1.88 bits per heavy atom. The summed E-state index contributed by atoms with van der Waals surface area (Å²) >= 11 is 6.44. The highest BCUT2D eigenvalue weighted by atomic mass is 35.5. The molecule has 4 rings (SSSR count). The molecule has 1 aromatic heterocycles. The standard InChI is InChI=1S/C20H18ClN3O2/c21-16-6-2-8-18(19(16)24-10-12-26-13-11-24)23-20(25)15-4-1-7-17-14(15)5-3-9-22-17/h1-9H,10-13H2,(H,23,25). The number of halogens is 1. The predicted octanol–water partition coefficient (Wildman–Crippen LogP) is 3.98. The Morgan fingerprint density at radius 1 is 1.08 bits per heavy atom. The highest BCUT2D eigenvalue weighted by molar-refractivity contribution is 6.34. The van der Waals surface area contributed by atoms with Gasteiger partial charge in [-0.1, -0.05) is 29.8 Å². The van der Waals surface area contributed by atoms with Gasteiger partial charge >= 0.3 is 0 Å². The molecule has 2 aromatic carbocycles. The van der Waals surface area contributed by atoms with Crippen molar-refractivity contribution in [3.05, 3.63) is 65.3 Å². The van der Waals surface area contributed by atoms with Crippen molar-refractivity contribution >= 4 is 39.8 Å². The van der Waals surface area contributed by atoms with Crippen LogP contribution in [0.25, 0.3) is 10.9 Å². The van der Waals surface area contributed by atoms with Crippen molar-refractivity contribution in [3.8, 4) is 0 Å². The number of ether oxygens (including phenoxy) is 1. The quantitative estimate of drug-likeness (QED) is 0.760. The minimum atomic E-state index is -0.180. The van der Waals surface area contributed by atoms with Crippen molar-refractivity contribution in [2.75, 3.05) is 36.5 Å². The van der Waals surface area contributed by atoms with Crippen LogP contribution in [0.2, 0.25) is 5.02 Å². The van der Waals surface area contributed by atoms with Gasteiger partial charge in [-0.25, -0.2) is 0 Å². The largest absolute Gasteiger partial charge is 0.378 e. The Balaban J connectivity index is 1.69.